The van der Waals surface area contributed by atoms with Gasteiger partial charge in [0.05, 0.1) is 18.3 Å². The van der Waals surface area contributed by atoms with Gasteiger partial charge in [0.25, 0.3) is 10.2 Å². The number of nitrogens with two attached hydrogens (primary N) is 1. The maximum atomic E-state index is 14.8. The van der Waals surface area contributed by atoms with E-state index in [-0.39, 0.29) is 17.0 Å². The number of nitrogens with one attached hydrogen (secondary N) is 1. The fraction of sp³-hybridized carbons (Fsp3) is 0.167. The van der Waals surface area contributed by atoms with Crippen molar-refractivity contribution in [3.05, 3.63) is 54.2 Å². The van der Waals surface area contributed by atoms with Crippen LogP contribution < -0.4 is 19.3 Å². The second-order valence-electron chi connectivity index (χ2n) is 6.23. The van der Waals surface area contributed by atoms with Crippen LogP contribution in [0.15, 0.2) is 48.7 Å². The Morgan fingerprint density at radius 3 is 2.57 bits per heavy atom. The molecule has 3 rings (SSSR count). The molecule has 0 saturated carbocycles. The molecule has 1 heterocycles. The van der Waals surface area contributed by atoms with Crippen molar-refractivity contribution >= 4 is 36.0 Å². The van der Waals surface area contributed by atoms with Crippen LogP contribution in [0.5, 0.6) is 17.2 Å². The summed E-state index contributed by atoms with van der Waals surface area (Å²) in [4.78, 5) is 4.29. The Bertz CT molecular complexity index is 1130. The molecule has 28 heavy (non-hydrogen) atoms. The van der Waals surface area contributed by atoms with Gasteiger partial charge >= 0.3 is 0 Å². The zero-order valence-electron chi connectivity index (χ0n) is 15.1. The highest BCUT2D eigenvalue weighted by Gasteiger charge is 2.25. The second-order valence-corrected chi connectivity index (χ2v) is 8.61. The normalized spacial score (nSPS) is 13.8. The number of fused-ring (bicyclic) bond motifs is 1. The lowest BCUT2D eigenvalue weighted by Gasteiger charge is -2.21. The summed E-state index contributed by atoms with van der Waals surface area (Å²) >= 11 is 0. The minimum absolute atomic E-state index is 0.125. The summed E-state index contributed by atoms with van der Waals surface area (Å²) in [5.41, 5.74) is 0.907. The van der Waals surface area contributed by atoms with E-state index in [1.54, 1.807) is 37.6 Å². The van der Waals surface area contributed by atoms with Gasteiger partial charge in [-0.15, -0.1) is 0 Å². The van der Waals surface area contributed by atoms with Crippen molar-refractivity contribution in [2.45, 2.75) is 12.3 Å². The van der Waals surface area contributed by atoms with E-state index in [2.05, 4.69) is 18.9 Å². The number of hydrogen-bond acceptors (Lipinski definition) is 5. The van der Waals surface area contributed by atoms with Crippen molar-refractivity contribution in [3.63, 3.8) is 0 Å². The van der Waals surface area contributed by atoms with Gasteiger partial charge in [-0.2, -0.15) is 8.42 Å². The highest BCUT2D eigenvalue weighted by molar-refractivity contribution is 7.90. The molecule has 2 unspecified atom stereocenters. The average Bonchev–Trinajstić information content (AvgIpc) is 2.60. The van der Waals surface area contributed by atoms with Gasteiger partial charge in [-0.1, -0.05) is 9.24 Å². The molecule has 2 atom stereocenters. The molecule has 0 aliphatic heterocycles. The zero-order valence-corrected chi connectivity index (χ0v) is 17.1. The number of rotatable bonds is 6. The summed E-state index contributed by atoms with van der Waals surface area (Å²) in [6, 6.07) is 11.2. The smallest absolute Gasteiger partial charge is 0.296 e. The van der Waals surface area contributed by atoms with Gasteiger partial charge in [0.15, 0.2) is 0 Å². The number of benzene rings is 2. The first-order valence-electron chi connectivity index (χ1n) is 8.10. The largest absolute Gasteiger partial charge is 0.497 e. The number of hydrogen-bond donors (Lipinski definition) is 2. The lowest BCUT2D eigenvalue weighted by atomic mass is 10.1. The van der Waals surface area contributed by atoms with Crippen molar-refractivity contribution in [2.24, 2.45) is 5.14 Å². The summed E-state index contributed by atoms with van der Waals surface area (Å²) in [5, 5.41) is 3.82. The van der Waals surface area contributed by atoms with Crippen LogP contribution in [0.25, 0.3) is 10.9 Å². The van der Waals surface area contributed by atoms with E-state index in [0.717, 1.165) is 0 Å². The summed E-state index contributed by atoms with van der Waals surface area (Å²) in [6.07, 6.45) is 1.57. The Balaban J connectivity index is 2.06. The van der Waals surface area contributed by atoms with Gasteiger partial charge in [0.2, 0.25) is 0 Å². The molecule has 2 aromatic carbocycles. The van der Waals surface area contributed by atoms with Gasteiger partial charge in [0, 0.05) is 23.2 Å². The van der Waals surface area contributed by atoms with Crippen LogP contribution in [0, 0.1) is 0 Å². The summed E-state index contributed by atoms with van der Waals surface area (Å²) < 4.78 is 50.6. The first kappa shape index (κ1) is 20.3. The van der Waals surface area contributed by atoms with E-state index in [1.807, 2.05) is 0 Å². The Morgan fingerprint density at radius 2 is 1.93 bits per heavy atom. The van der Waals surface area contributed by atoms with Gasteiger partial charge in [-0.3, -0.25) is 9.71 Å². The first-order chi connectivity index (χ1) is 13.1. The maximum Gasteiger partial charge on any atom is 0.296 e. The topological polar surface area (TPSA) is 104 Å². The number of ether oxygens (including phenoxy) is 2. The summed E-state index contributed by atoms with van der Waals surface area (Å²) in [6.45, 7) is 1.32. The Morgan fingerprint density at radius 1 is 1.18 bits per heavy atom. The second kappa shape index (κ2) is 7.50. The van der Waals surface area contributed by atoms with Crippen LogP contribution in [0.1, 0.15) is 12.5 Å². The van der Waals surface area contributed by atoms with Crippen molar-refractivity contribution in [1.29, 1.82) is 0 Å². The molecule has 1 aromatic heterocycles. The molecule has 0 aliphatic carbocycles. The predicted molar refractivity (Wildman–Crippen MR) is 110 cm³/mol. The van der Waals surface area contributed by atoms with E-state index < -0.39 is 15.6 Å². The van der Waals surface area contributed by atoms with Gasteiger partial charge < -0.3 is 9.47 Å². The molecule has 0 fully saturated rings. The molecule has 0 spiro atoms. The van der Waals surface area contributed by atoms with Crippen molar-refractivity contribution in [3.8, 4) is 17.2 Å². The molecule has 3 N–H and O–H groups in total. The number of anilines is 1. The van der Waals surface area contributed by atoms with Crippen LogP contribution >= 0.6 is 9.24 Å². The van der Waals surface area contributed by atoms with E-state index in [9.17, 15) is 12.8 Å². The molecule has 10 heteroatoms. The molecule has 0 radical (unpaired) electrons. The minimum Gasteiger partial charge on any atom is -0.497 e. The molecular weight excluding hydrogens is 404 g/mol. The monoisotopic (exact) mass is 423 g/mol. The number of halogens is 1. The number of nitrogens with zero attached hydrogens (tertiary/aromatic N) is 1. The van der Waals surface area contributed by atoms with Gasteiger partial charge in [0.1, 0.15) is 22.7 Å². The molecule has 0 bridgehead atoms. The van der Waals surface area contributed by atoms with Crippen molar-refractivity contribution < 1.29 is 22.3 Å². The quantitative estimate of drug-likeness (QED) is 0.589. The molecule has 3 aromatic rings. The van der Waals surface area contributed by atoms with Crippen LogP contribution in [0.2, 0.25) is 0 Å². The molecule has 0 amide bonds. The van der Waals surface area contributed by atoms with Crippen LogP contribution in [-0.2, 0) is 15.6 Å². The molecular formula is C18H19FN3O4PS. The lowest BCUT2D eigenvalue weighted by molar-refractivity contribution is 0.313. The van der Waals surface area contributed by atoms with Crippen LogP contribution in [-0.4, -0.2) is 20.5 Å². The molecule has 7 nitrogen and oxygen atoms in total. The SMILES string of the molecule is COc1ccc2c(Oc3ccc(NS(N)(=O)=O)cc3C(C)(F)P)ccnc2c1. The van der Waals surface area contributed by atoms with E-state index in [1.165, 1.54) is 25.1 Å². The highest BCUT2D eigenvalue weighted by Crippen LogP contribution is 2.42. The predicted octanol–water partition coefficient (Wildman–Crippen LogP) is 3.67. The number of methoxy groups -OCH3 is 1. The third-order valence-corrected chi connectivity index (χ3v) is 4.73. The molecule has 0 aliphatic rings. The highest BCUT2D eigenvalue weighted by atomic mass is 32.2. The van der Waals surface area contributed by atoms with E-state index in [0.29, 0.717) is 22.4 Å². The lowest BCUT2D eigenvalue weighted by Crippen LogP contribution is -2.22. The summed E-state index contributed by atoms with van der Waals surface area (Å²) in [7, 11) is -0.363. The Kier molecular flexibility index (Phi) is 5.43. The van der Waals surface area contributed by atoms with Crippen LogP contribution in [0.4, 0.5) is 10.1 Å². The van der Waals surface area contributed by atoms with Crippen LogP contribution in [0.3, 0.4) is 0 Å². The standard InChI is InChI=1S/C18H19FN3O4PS/c1-18(19,27)14-9-11(22-28(20,23)24)3-6-17(14)26-16-7-8-21-15-10-12(25-2)4-5-13(15)16/h3-10,22H,27H2,1-2H3,(H2,20,23,24). The maximum absolute atomic E-state index is 14.8. The van der Waals surface area contributed by atoms with E-state index in [4.69, 9.17) is 14.6 Å². The summed E-state index contributed by atoms with van der Waals surface area (Å²) in [5.74, 6) is 1.34. The average molecular weight is 423 g/mol. The minimum atomic E-state index is -3.99. The third kappa shape index (κ3) is 4.67. The number of alkyl halides is 1. The Labute approximate surface area is 164 Å². The molecule has 148 valence electrons. The Hall–Kier alpha value is -2.48. The fourth-order valence-corrected chi connectivity index (χ4v) is 3.35. The number of aromatic nitrogens is 1. The van der Waals surface area contributed by atoms with Crippen molar-refractivity contribution in [2.75, 3.05) is 11.8 Å². The fourth-order valence-electron chi connectivity index (χ4n) is 2.66. The van der Waals surface area contributed by atoms with Gasteiger partial charge in [-0.05, 0) is 43.3 Å². The van der Waals surface area contributed by atoms with Gasteiger partial charge in [-0.25, -0.2) is 9.53 Å². The molecule has 0 saturated heterocycles. The third-order valence-electron chi connectivity index (χ3n) is 3.90. The van der Waals surface area contributed by atoms with Crippen molar-refractivity contribution in [1.82, 2.24) is 4.98 Å². The van der Waals surface area contributed by atoms with E-state index >= 15 is 0 Å². The zero-order chi connectivity index (χ0) is 20.5. The number of pyridine rings is 1. The first-order valence-corrected chi connectivity index (χ1v) is 10.2.